The molecule has 2 aliphatic rings. The summed E-state index contributed by atoms with van der Waals surface area (Å²) in [7, 11) is 0. The molecule has 0 spiro atoms. The Kier molecular flexibility index (Phi) is 3.85. The number of amides is 1. The van der Waals surface area contributed by atoms with Gasteiger partial charge in [-0.2, -0.15) is 0 Å². The molecule has 2 saturated heterocycles. The molecule has 1 amide bonds. The standard InChI is InChI=1S/C14H26N2O2/c1-10-9-11-5-7-16(8-6-12(11)15-10)13(17)18-14(2,3)4/h10-12,15H,5-9H2,1-4H3. The van der Waals surface area contributed by atoms with Gasteiger partial charge in [0.1, 0.15) is 5.60 Å². The van der Waals surface area contributed by atoms with Gasteiger partial charge in [0.05, 0.1) is 0 Å². The summed E-state index contributed by atoms with van der Waals surface area (Å²) < 4.78 is 5.44. The zero-order chi connectivity index (χ0) is 13.3. The van der Waals surface area contributed by atoms with E-state index in [9.17, 15) is 4.79 Å². The molecule has 3 atom stereocenters. The number of rotatable bonds is 0. The highest BCUT2D eigenvalue weighted by Crippen LogP contribution is 2.29. The van der Waals surface area contributed by atoms with E-state index < -0.39 is 5.60 Å². The maximum absolute atomic E-state index is 12.0. The smallest absolute Gasteiger partial charge is 0.410 e. The molecule has 0 aromatic heterocycles. The predicted octanol–water partition coefficient (Wildman–Crippen LogP) is 2.38. The maximum Gasteiger partial charge on any atom is 0.410 e. The van der Waals surface area contributed by atoms with Crippen LogP contribution in [0, 0.1) is 5.92 Å². The van der Waals surface area contributed by atoms with E-state index >= 15 is 0 Å². The zero-order valence-electron chi connectivity index (χ0n) is 12.0. The first-order valence-corrected chi connectivity index (χ1v) is 7.09. The molecule has 2 heterocycles. The molecule has 0 aromatic rings. The minimum atomic E-state index is -0.397. The minimum absolute atomic E-state index is 0.157. The monoisotopic (exact) mass is 254 g/mol. The summed E-state index contributed by atoms with van der Waals surface area (Å²) in [5, 5.41) is 3.62. The second kappa shape index (κ2) is 5.08. The number of likely N-dealkylation sites (tertiary alicyclic amines) is 1. The van der Waals surface area contributed by atoms with Gasteiger partial charge in [0.2, 0.25) is 0 Å². The van der Waals surface area contributed by atoms with E-state index in [1.165, 1.54) is 6.42 Å². The van der Waals surface area contributed by atoms with Crippen LogP contribution < -0.4 is 5.32 Å². The van der Waals surface area contributed by atoms with E-state index in [-0.39, 0.29) is 6.09 Å². The van der Waals surface area contributed by atoms with Gasteiger partial charge in [-0.15, -0.1) is 0 Å². The fourth-order valence-electron chi connectivity index (χ4n) is 3.06. The van der Waals surface area contributed by atoms with Crippen molar-refractivity contribution < 1.29 is 9.53 Å². The van der Waals surface area contributed by atoms with Gasteiger partial charge in [0.15, 0.2) is 0 Å². The summed E-state index contributed by atoms with van der Waals surface area (Å²) >= 11 is 0. The number of carbonyl (C=O) groups excluding carboxylic acids is 1. The summed E-state index contributed by atoms with van der Waals surface area (Å²) in [5.41, 5.74) is -0.397. The molecule has 0 aliphatic carbocycles. The van der Waals surface area contributed by atoms with E-state index in [0.29, 0.717) is 12.1 Å². The van der Waals surface area contributed by atoms with E-state index in [2.05, 4.69) is 12.2 Å². The minimum Gasteiger partial charge on any atom is -0.444 e. The molecular weight excluding hydrogens is 228 g/mol. The molecular formula is C14H26N2O2. The molecule has 0 radical (unpaired) electrons. The van der Waals surface area contributed by atoms with Crippen molar-refractivity contribution in [2.24, 2.45) is 5.92 Å². The van der Waals surface area contributed by atoms with Gasteiger partial charge in [0, 0.05) is 25.2 Å². The predicted molar refractivity (Wildman–Crippen MR) is 71.5 cm³/mol. The molecule has 0 aromatic carbocycles. The molecule has 1 N–H and O–H groups in total. The van der Waals surface area contributed by atoms with Gasteiger partial charge in [0.25, 0.3) is 0 Å². The quantitative estimate of drug-likeness (QED) is 0.721. The third-order valence-electron chi connectivity index (χ3n) is 3.86. The third-order valence-corrected chi connectivity index (χ3v) is 3.86. The van der Waals surface area contributed by atoms with Crippen LogP contribution in [0.15, 0.2) is 0 Å². The first-order valence-electron chi connectivity index (χ1n) is 7.09. The van der Waals surface area contributed by atoms with Crippen LogP contribution in [-0.2, 0) is 4.74 Å². The summed E-state index contributed by atoms with van der Waals surface area (Å²) in [6.07, 6.45) is 3.23. The van der Waals surface area contributed by atoms with Gasteiger partial charge in [-0.05, 0) is 52.9 Å². The van der Waals surface area contributed by atoms with Crippen LogP contribution in [-0.4, -0.2) is 41.8 Å². The van der Waals surface area contributed by atoms with Gasteiger partial charge in [-0.3, -0.25) is 0 Å². The highest BCUT2D eigenvalue weighted by atomic mass is 16.6. The molecule has 0 saturated carbocycles. The Bertz CT molecular complexity index is 295. The molecule has 2 fully saturated rings. The van der Waals surface area contributed by atoms with Crippen molar-refractivity contribution in [2.45, 2.75) is 64.6 Å². The van der Waals surface area contributed by atoms with E-state index in [1.807, 2.05) is 25.7 Å². The van der Waals surface area contributed by atoms with Crippen LogP contribution in [0.2, 0.25) is 0 Å². The zero-order valence-corrected chi connectivity index (χ0v) is 12.0. The van der Waals surface area contributed by atoms with Crippen molar-refractivity contribution in [3.05, 3.63) is 0 Å². The lowest BCUT2D eigenvalue weighted by Gasteiger charge is -2.26. The van der Waals surface area contributed by atoms with Crippen molar-refractivity contribution in [1.82, 2.24) is 10.2 Å². The highest BCUT2D eigenvalue weighted by Gasteiger charge is 2.35. The Hall–Kier alpha value is -0.770. The third kappa shape index (κ3) is 3.37. The highest BCUT2D eigenvalue weighted by molar-refractivity contribution is 5.68. The Morgan fingerprint density at radius 1 is 1.28 bits per heavy atom. The number of nitrogens with zero attached hydrogens (tertiary/aromatic N) is 1. The number of carbonyl (C=O) groups is 1. The van der Waals surface area contributed by atoms with Crippen molar-refractivity contribution in [2.75, 3.05) is 13.1 Å². The van der Waals surface area contributed by atoms with Crippen LogP contribution in [0.25, 0.3) is 0 Å². The molecule has 18 heavy (non-hydrogen) atoms. The average molecular weight is 254 g/mol. The van der Waals surface area contributed by atoms with Crippen molar-refractivity contribution in [1.29, 1.82) is 0 Å². The largest absolute Gasteiger partial charge is 0.444 e. The van der Waals surface area contributed by atoms with Crippen molar-refractivity contribution >= 4 is 6.09 Å². The van der Waals surface area contributed by atoms with E-state index in [4.69, 9.17) is 4.74 Å². The molecule has 104 valence electrons. The molecule has 2 rings (SSSR count). The fraction of sp³-hybridized carbons (Fsp3) is 0.929. The summed E-state index contributed by atoms with van der Waals surface area (Å²) in [5.74, 6) is 0.729. The molecule has 4 heteroatoms. The van der Waals surface area contributed by atoms with Crippen LogP contribution in [0.1, 0.15) is 47.0 Å². The van der Waals surface area contributed by atoms with Crippen LogP contribution in [0.3, 0.4) is 0 Å². The molecule has 4 nitrogen and oxygen atoms in total. The number of fused-ring (bicyclic) bond motifs is 1. The van der Waals surface area contributed by atoms with Crippen LogP contribution in [0.5, 0.6) is 0 Å². The maximum atomic E-state index is 12.0. The van der Waals surface area contributed by atoms with Gasteiger partial charge >= 0.3 is 6.09 Å². The molecule has 2 aliphatic heterocycles. The lowest BCUT2D eigenvalue weighted by molar-refractivity contribution is 0.0253. The summed E-state index contributed by atoms with van der Waals surface area (Å²) in [4.78, 5) is 13.9. The lowest BCUT2D eigenvalue weighted by Crippen LogP contribution is -2.38. The number of nitrogens with one attached hydrogen (secondary N) is 1. The van der Waals surface area contributed by atoms with Gasteiger partial charge in [-0.1, -0.05) is 0 Å². The summed E-state index contributed by atoms with van der Waals surface area (Å²) in [6.45, 7) is 9.66. The van der Waals surface area contributed by atoms with Crippen molar-refractivity contribution in [3.63, 3.8) is 0 Å². The van der Waals surface area contributed by atoms with E-state index in [0.717, 1.165) is 31.8 Å². The Labute approximate surface area is 110 Å². The van der Waals surface area contributed by atoms with Gasteiger partial charge < -0.3 is 15.0 Å². The molecule has 3 unspecified atom stereocenters. The molecule has 0 bridgehead atoms. The number of hydrogen-bond acceptors (Lipinski definition) is 3. The number of hydrogen-bond donors (Lipinski definition) is 1. The lowest BCUT2D eigenvalue weighted by atomic mass is 9.95. The Balaban J connectivity index is 1.89. The van der Waals surface area contributed by atoms with Crippen LogP contribution in [0.4, 0.5) is 4.79 Å². The topological polar surface area (TPSA) is 41.6 Å². The number of ether oxygens (including phenoxy) is 1. The van der Waals surface area contributed by atoms with Crippen LogP contribution >= 0.6 is 0 Å². The SMILES string of the molecule is CC1CC2CCN(C(=O)OC(C)(C)C)CCC2N1. The fourth-order valence-corrected chi connectivity index (χ4v) is 3.06. The van der Waals surface area contributed by atoms with E-state index in [1.54, 1.807) is 0 Å². The second-order valence-electron chi connectivity index (χ2n) is 6.71. The first kappa shape index (κ1) is 13.7. The van der Waals surface area contributed by atoms with Crippen molar-refractivity contribution in [3.8, 4) is 0 Å². The first-order chi connectivity index (χ1) is 8.35. The Morgan fingerprint density at radius 3 is 2.61 bits per heavy atom. The second-order valence-corrected chi connectivity index (χ2v) is 6.71. The Morgan fingerprint density at radius 2 is 1.94 bits per heavy atom. The summed E-state index contributed by atoms with van der Waals surface area (Å²) in [6, 6.07) is 1.22. The normalized spacial score (nSPS) is 32.9. The average Bonchev–Trinajstić information content (AvgIpc) is 2.45. The van der Waals surface area contributed by atoms with Gasteiger partial charge in [-0.25, -0.2) is 4.79 Å².